The van der Waals surface area contributed by atoms with Crippen LogP contribution in [0.1, 0.15) is 5.56 Å². The monoisotopic (exact) mass is 170 g/mol. The molecule has 0 amide bonds. The molecule has 2 aliphatic rings. The Balaban J connectivity index is 2.50. The number of hydrogen-bond donors (Lipinski definition) is 1. The molecule has 3 rings (SSSR count). The number of aliphatic hydroxyl groups excluding tert-OH is 1. The number of benzene rings is 1. The molecule has 1 N–H and O–H groups in total. The Hall–Kier alpha value is -1.90. The molecular formula is C10H6N2O. The standard InChI is InChI=1S/C10H6N2O/c13-9-5-6-1-2-8-7(3-4-11-8)10(6)12-9/h1-5H,(H,12,13). The normalized spacial score (nSPS) is 15.8. The van der Waals surface area contributed by atoms with E-state index in [2.05, 4.69) is 9.98 Å². The Morgan fingerprint density at radius 2 is 2.15 bits per heavy atom. The first-order valence-corrected chi connectivity index (χ1v) is 4.01. The van der Waals surface area contributed by atoms with Crippen molar-refractivity contribution in [3.63, 3.8) is 0 Å². The van der Waals surface area contributed by atoms with Gasteiger partial charge in [-0.3, -0.25) is 4.99 Å². The van der Waals surface area contributed by atoms with Gasteiger partial charge in [0.25, 0.3) is 0 Å². The molecular weight excluding hydrogens is 164 g/mol. The van der Waals surface area contributed by atoms with Gasteiger partial charge >= 0.3 is 0 Å². The van der Waals surface area contributed by atoms with E-state index in [1.54, 1.807) is 12.3 Å². The van der Waals surface area contributed by atoms with Gasteiger partial charge in [-0.2, -0.15) is 0 Å². The van der Waals surface area contributed by atoms with Crippen molar-refractivity contribution in [2.45, 2.75) is 0 Å². The lowest BCUT2D eigenvalue weighted by atomic mass is 10.1. The van der Waals surface area contributed by atoms with Crippen molar-refractivity contribution in [1.82, 2.24) is 0 Å². The number of aliphatic imine (C=N–C) groups is 1. The van der Waals surface area contributed by atoms with Gasteiger partial charge in [0, 0.05) is 23.1 Å². The third-order valence-corrected chi connectivity index (χ3v) is 2.19. The van der Waals surface area contributed by atoms with Crippen LogP contribution in [0.5, 0.6) is 0 Å². The minimum atomic E-state index is 0.0729. The zero-order chi connectivity index (χ0) is 8.84. The van der Waals surface area contributed by atoms with Crippen molar-refractivity contribution in [3.8, 4) is 0 Å². The first-order valence-electron chi connectivity index (χ1n) is 4.01. The van der Waals surface area contributed by atoms with Gasteiger partial charge in [0.05, 0.1) is 11.0 Å². The second kappa shape index (κ2) is 2.07. The van der Waals surface area contributed by atoms with Crippen LogP contribution in [-0.2, 0) is 0 Å². The van der Waals surface area contributed by atoms with Crippen LogP contribution in [0.25, 0.3) is 12.2 Å². The molecule has 1 aromatic rings. The van der Waals surface area contributed by atoms with E-state index in [0.29, 0.717) is 0 Å². The Kier molecular flexibility index (Phi) is 1.05. The number of aliphatic hydroxyl groups is 1. The maximum atomic E-state index is 9.22. The van der Waals surface area contributed by atoms with Crippen LogP contribution in [-0.4, -0.2) is 11.0 Å². The summed E-state index contributed by atoms with van der Waals surface area (Å²) in [6.07, 6.45) is 5.31. The third-order valence-electron chi connectivity index (χ3n) is 2.19. The van der Waals surface area contributed by atoms with E-state index in [4.69, 9.17) is 0 Å². The van der Waals surface area contributed by atoms with Crippen molar-refractivity contribution >= 4 is 23.7 Å². The van der Waals surface area contributed by atoms with E-state index >= 15 is 0 Å². The summed E-state index contributed by atoms with van der Waals surface area (Å²) >= 11 is 0. The molecule has 3 nitrogen and oxygen atoms in total. The zero-order valence-corrected chi connectivity index (χ0v) is 6.73. The highest BCUT2D eigenvalue weighted by Crippen LogP contribution is 2.17. The van der Waals surface area contributed by atoms with Crippen LogP contribution >= 0.6 is 0 Å². The minimum Gasteiger partial charge on any atom is -0.493 e. The molecule has 0 atom stereocenters. The number of hydrogen-bond acceptors (Lipinski definition) is 2. The van der Waals surface area contributed by atoms with Gasteiger partial charge in [0.1, 0.15) is 0 Å². The average molecular weight is 170 g/mol. The van der Waals surface area contributed by atoms with Crippen molar-refractivity contribution in [2.24, 2.45) is 9.98 Å². The molecule has 62 valence electrons. The molecule has 0 spiro atoms. The molecule has 3 heteroatoms. The molecule has 0 fully saturated rings. The van der Waals surface area contributed by atoms with Crippen molar-refractivity contribution in [3.05, 3.63) is 34.5 Å². The second-order valence-corrected chi connectivity index (χ2v) is 3.00. The fourth-order valence-corrected chi connectivity index (χ4v) is 1.61. The zero-order valence-electron chi connectivity index (χ0n) is 6.73. The maximum Gasteiger partial charge on any atom is 0.211 e. The molecule has 2 heterocycles. The third kappa shape index (κ3) is 0.783. The quantitative estimate of drug-likeness (QED) is 0.611. The van der Waals surface area contributed by atoms with Crippen molar-refractivity contribution < 1.29 is 5.11 Å². The molecule has 0 aliphatic carbocycles. The largest absolute Gasteiger partial charge is 0.493 e. The highest BCUT2D eigenvalue weighted by Gasteiger charge is 2.11. The smallest absolute Gasteiger partial charge is 0.211 e. The molecule has 0 aromatic heterocycles. The van der Waals surface area contributed by atoms with Gasteiger partial charge in [-0.05, 0) is 12.1 Å². The van der Waals surface area contributed by atoms with E-state index in [1.807, 2.05) is 18.2 Å². The van der Waals surface area contributed by atoms with Crippen LogP contribution < -0.4 is 10.6 Å². The Morgan fingerprint density at radius 3 is 3.08 bits per heavy atom. The predicted molar refractivity (Wildman–Crippen MR) is 50.4 cm³/mol. The Bertz CT molecular complexity index is 567. The highest BCUT2D eigenvalue weighted by atomic mass is 16.3. The lowest BCUT2D eigenvalue weighted by Gasteiger charge is -1.94. The molecule has 1 aromatic carbocycles. The molecule has 13 heavy (non-hydrogen) atoms. The van der Waals surface area contributed by atoms with Crippen LogP contribution in [0.2, 0.25) is 0 Å². The van der Waals surface area contributed by atoms with Gasteiger partial charge in [-0.1, -0.05) is 6.07 Å². The lowest BCUT2D eigenvalue weighted by Crippen LogP contribution is -2.09. The summed E-state index contributed by atoms with van der Waals surface area (Å²) < 4.78 is 0. The fourth-order valence-electron chi connectivity index (χ4n) is 1.61. The summed E-state index contributed by atoms with van der Waals surface area (Å²) in [7, 11) is 0. The van der Waals surface area contributed by atoms with Gasteiger partial charge in [-0.15, -0.1) is 0 Å². The first-order chi connectivity index (χ1) is 6.34. The second-order valence-electron chi connectivity index (χ2n) is 3.00. The lowest BCUT2D eigenvalue weighted by molar-refractivity contribution is 0.564. The minimum absolute atomic E-state index is 0.0729. The topological polar surface area (TPSA) is 45.0 Å². The Morgan fingerprint density at radius 1 is 1.23 bits per heavy atom. The SMILES string of the molecule is OC1=Nc2c3c(ccc2=C1)=NC=C3. The first kappa shape index (κ1) is 6.60. The van der Waals surface area contributed by atoms with Crippen LogP contribution in [0.15, 0.2) is 28.3 Å². The molecule has 2 aliphatic heterocycles. The predicted octanol–water partition coefficient (Wildman–Crippen LogP) is 0.673. The average Bonchev–Trinajstić information content (AvgIpc) is 2.65. The van der Waals surface area contributed by atoms with Crippen LogP contribution in [0.3, 0.4) is 0 Å². The molecule has 0 radical (unpaired) electrons. The van der Waals surface area contributed by atoms with Gasteiger partial charge < -0.3 is 5.11 Å². The van der Waals surface area contributed by atoms with Gasteiger partial charge in [0.15, 0.2) is 0 Å². The summed E-state index contributed by atoms with van der Waals surface area (Å²) in [4.78, 5) is 8.19. The van der Waals surface area contributed by atoms with Gasteiger partial charge in [0.2, 0.25) is 5.90 Å². The number of nitrogens with zero attached hydrogens (tertiary/aromatic N) is 2. The van der Waals surface area contributed by atoms with E-state index in [0.717, 1.165) is 21.8 Å². The summed E-state index contributed by atoms with van der Waals surface area (Å²) in [5.74, 6) is 0.0729. The summed E-state index contributed by atoms with van der Waals surface area (Å²) in [5, 5.41) is 11.1. The van der Waals surface area contributed by atoms with Crippen LogP contribution in [0.4, 0.5) is 5.69 Å². The van der Waals surface area contributed by atoms with Crippen LogP contribution in [0, 0.1) is 0 Å². The van der Waals surface area contributed by atoms with Gasteiger partial charge in [-0.25, -0.2) is 4.99 Å². The summed E-state index contributed by atoms with van der Waals surface area (Å²) in [6.45, 7) is 0. The summed E-state index contributed by atoms with van der Waals surface area (Å²) in [6, 6.07) is 3.84. The van der Waals surface area contributed by atoms with E-state index < -0.39 is 0 Å². The summed E-state index contributed by atoms with van der Waals surface area (Å²) in [5.41, 5.74) is 1.82. The molecule has 0 saturated carbocycles. The number of fused-ring (bicyclic) bond motifs is 3. The van der Waals surface area contributed by atoms with E-state index in [1.165, 1.54) is 0 Å². The van der Waals surface area contributed by atoms with E-state index in [9.17, 15) is 5.11 Å². The molecule has 0 saturated heterocycles. The van der Waals surface area contributed by atoms with Crippen molar-refractivity contribution in [2.75, 3.05) is 0 Å². The highest BCUT2D eigenvalue weighted by molar-refractivity contribution is 6.08. The number of rotatable bonds is 0. The Labute approximate surface area is 74.1 Å². The maximum absolute atomic E-state index is 9.22. The molecule has 0 unspecified atom stereocenters. The fraction of sp³-hybridized carbons (Fsp3) is 0. The van der Waals surface area contributed by atoms with Crippen molar-refractivity contribution in [1.29, 1.82) is 0 Å². The van der Waals surface area contributed by atoms with E-state index in [-0.39, 0.29) is 5.90 Å². The molecule has 0 bridgehead atoms.